The quantitative estimate of drug-likeness (QED) is 0.293. The summed E-state index contributed by atoms with van der Waals surface area (Å²) in [4.78, 5) is 32.8. The molecule has 0 spiro atoms. The van der Waals surface area contributed by atoms with Crippen molar-refractivity contribution >= 4 is 17.3 Å². The molecular formula is C24H54N2O6. The van der Waals surface area contributed by atoms with Crippen molar-refractivity contribution in [3.63, 3.8) is 0 Å². The monoisotopic (exact) mass is 466 g/mol. The zero-order chi connectivity index (χ0) is 24.4. The number of nitrogens with two attached hydrogens (primary N) is 2. The Labute approximate surface area is 197 Å². The molecule has 8 heteroatoms. The van der Waals surface area contributed by atoms with Gasteiger partial charge in [-0.2, -0.15) is 0 Å². The molecule has 8 nitrogen and oxygen atoms in total. The van der Waals surface area contributed by atoms with Crippen LogP contribution in [-0.2, 0) is 14.4 Å². The lowest BCUT2D eigenvalue weighted by Crippen LogP contribution is -2.32. The van der Waals surface area contributed by atoms with E-state index < -0.39 is 18.3 Å². The van der Waals surface area contributed by atoms with Crippen LogP contribution in [0.3, 0.4) is 0 Å². The second-order valence-corrected chi connectivity index (χ2v) is 8.17. The Hall–Kier alpha value is -1.19. The standard InChI is InChI=1S/C9H18O2.C7H15NO2.C6H13NO2.2CH4/c1-4-5-6-8(10)9(11)7(2)3;1-5(2)7(10)6(9)3-4-8;1-4(2)6(9)5(8)3-7;;/h7-8,10H,4-6H2,1-3H3;5-6,9H,3-4,8H2,1-2H3;4-5,8H,3,7H2,1-2H3;2*1H4. The van der Waals surface area contributed by atoms with Crippen molar-refractivity contribution in [2.45, 2.75) is 107 Å². The molecule has 0 fully saturated rings. The van der Waals surface area contributed by atoms with Crippen LogP contribution in [0, 0.1) is 17.8 Å². The third-order valence-electron chi connectivity index (χ3n) is 4.19. The molecule has 0 aliphatic carbocycles. The molecule has 32 heavy (non-hydrogen) atoms. The normalized spacial score (nSPS) is 12.8. The van der Waals surface area contributed by atoms with Crippen LogP contribution in [0.5, 0.6) is 0 Å². The van der Waals surface area contributed by atoms with Crippen LogP contribution < -0.4 is 11.5 Å². The van der Waals surface area contributed by atoms with E-state index in [-0.39, 0.29) is 56.5 Å². The maximum absolute atomic E-state index is 11.1. The summed E-state index contributed by atoms with van der Waals surface area (Å²) in [6.45, 7) is 13.1. The number of ketones is 3. The molecule has 3 atom stereocenters. The fourth-order valence-electron chi connectivity index (χ4n) is 2.11. The number of carbonyl (C=O) groups excluding carboxylic acids is 3. The molecule has 0 saturated carbocycles. The molecular weight excluding hydrogens is 412 g/mol. The van der Waals surface area contributed by atoms with E-state index in [1.165, 1.54) is 0 Å². The van der Waals surface area contributed by atoms with Gasteiger partial charge in [-0.3, -0.25) is 14.4 Å². The first-order valence-corrected chi connectivity index (χ1v) is 10.8. The molecule has 0 aromatic rings. The van der Waals surface area contributed by atoms with E-state index in [4.69, 9.17) is 21.7 Å². The van der Waals surface area contributed by atoms with E-state index >= 15 is 0 Å². The van der Waals surface area contributed by atoms with Gasteiger partial charge < -0.3 is 26.8 Å². The van der Waals surface area contributed by atoms with Gasteiger partial charge in [0.15, 0.2) is 17.3 Å². The smallest absolute Gasteiger partial charge is 0.165 e. The van der Waals surface area contributed by atoms with Gasteiger partial charge in [-0.25, -0.2) is 0 Å². The zero-order valence-corrected chi connectivity index (χ0v) is 19.9. The van der Waals surface area contributed by atoms with E-state index in [0.29, 0.717) is 19.4 Å². The summed E-state index contributed by atoms with van der Waals surface area (Å²) in [6, 6.07) is 0. The van der Waals surface area contributed by atoms with Gasteiger partial charge in [0.25, 0.3) is 0 Å². The minimum atomic E-state index is -0.968. The fraction of sp³-hybridized carbons (Fsp3) is 0.875. The van der Waals surface area contributed by atoms with Gasteiger partial charge in [0.2, 0.25) is 0 Å². The van der Waals surface area contributed by atoms with Crippen molar-refractivity contribution in [3.05, 3.63) is 0 Å². The number of Topliss-reactive ketones (excluding diaryl/α,β-unsaturated/α-hetero) is 3. The highest BCUT2D eigenvalue weighted by molar-refractivity contribution is 5.85. The summed E-state index contributed by atoms with van der Waals surface area (Å²) < 4.78 is 0. The molecule has 0 rings (SSSR count). The van der Waals surface area contributed by atoms with Crippen molar-refractivity contribution < 1.29 is 29.7 Å². The van der Waals surface area contributed by atoms with Gasteiger partial charge in [-0.05, 0) is 19.4 Å². The number of hydrogen-bond donors (Lipinski definition) is 5. The Morgan fingerprint density at radius 2 is 0.969 bits per heavy atom. The molecule has 7 N–H and O–H groups in total. The topological polar surface area (TPSA) is 164 Å². The number of aliphatic hydroxyl groups excluding tert-OH is 3. The molecule has 0 heterocycles. The maximum Gasteiger partial charge on any atom is 0.165 e. The van der Waals surface area contributed by atoms with Crippen LogP contribution in [0.25, 0.3) is 0 Å². The summed E-state index contributed by atoms with van der Waals surface area (Å²) in [5.74, 6) is -0.589. The molecule has 0 aliphatic rings. The largest absolute Gasteiger partial charge is 0.385 e. The van der Waals surface area contributed by atoms with Gasteiger partial charge in [0.1, 0.15) is 18.3 Å². The third-order valence-corrected chi connectivity index (χ3v) is 4.19. The van der Waals surface area contributed by atoms with Crippen LogP contribution in [0.15, 0.2) is 0 Å². The van der Waals surface area contributed by atoms with Crippen molar-refractivity contribution in [2.24, 2.45) is 29.2 Å². The highest BCUT2D eigenvalue weighted by Crippen LogP contribution is 2.06. The fourth-order valence-corrected chi connectivity index (χ4v) is 2.11. The minimum absolute atomic E-state index is 0. The van der Waals surface area contributed by atoms with E-state index in [1.54, 1.807) is 27.7 Å². The molecule has 0 aromatic carbocycles. The average molecular weight is 467 g/mol. The lowest BCUT2D eigenvalue weighted by Gasteiger charge is -2.10. The third kappa shape index (κ3) is 22.0. The number of rotatable bonds is 12. The Balaban J connectivity index is -0.000000111. The zero-order valence-electron chi connectivity index (χ0n) is 19.9. The van der Waals surface area contributed by atoms with Crippen LogP contribution in [0.4, 0.5) is 0 Å². The van der Waals surface area contributed by atoms with Crippen molar-refractivity contribution in [1.82, 2.24) is 0 Å². The first-order chi connectivity index (χ1) is 13.8. The second kappa shape index (κ2) is 24.5. The van der Waals surface area contributed by atoms with Gasteiger partial charge >= 0.3 is 0 Å². The first-order valence-electron chi connectivity index (χ1n) is 10.8. The molecule has 0 radical (unpaired) electrons. The number of aliphatic hydroxyl groups is 3. The van der Waals surface area contributed by atoms with Crippen LogP contribution >= 0.6 is 0 Å². The molecule has 0 bridgehead atoms. The predicted molar refractivity (Wildman–Crippen MR) is 133 cm³/mol. The number of unbranched alkanes of at least 4 members (excludes halogenated alkanes) is 1. The maximum atomic E-state index is 11.1. The van der Waals surface area contributed by atoms with Crippen LogP contribution in [-0.4, -0.2) is 64.1 Å². The summed E-state index contributed by atoms with van der Waals surface area (Å²) in [7, 11) is 0. The Morgan fingerprint density at radius 3 is 1.19 bits per heavy atom. The van der Waals surface area contributed by atoms with Gasteiger partial charge in [-0.15, -0.1) is 0 Å². The van der Waals surface area contributed by atoms with Gasteiger partial charge in [0, 0.05) is 24.3 Å². The molecule has 0 amide bonds. The second-order valence-electron chi connectivity index (χ2n) is 8.17. The molecule has 3 unspecified atom stereocenters. The van der Waals surface area contributed by atoms with E-state index in [2.05, 4.69) is 0 Å². The summed E-state index contributed by atoms with van der Waals surface area (Å²) in [5.41, 5.74) is 10.2. The lowest BCUT2D eigenvalue weighted by atomic mass is 10.0. The van der Waals surface area contributed by atoms with Crippen molar-refractivity contribution in [3.8, 4) is 0 Å². The lowest BCUT2D eigenvalue weighted by molar-refractivity contribution is -0.131. The Bertz CT molecular complexity index is 467. The molecule has 0 saturated heterocycles. The molecule has 0 aromatic heterocycles. The number of hydrogen-bond acceptors (Lipinski definition) is 8. The molecule has 196 valence electrons. The van der Waals surface area contributed by atoms with Crippen molar-refractivity contribution in [1.29, 1.82) is 0 Å². The van der Waals surface area contributed by atoms with Gasteiger partial charge in [0.05, 0.1) is 0 Å². The van der Waals surface area contributed by atoms with E-state index in [9.17, 15) is 19.5 Å². The van der Waals surface area contributed by atoms with E-state index in [0.717, 1.165) is 12.8 Å². The first kappa shape index (κ1) is 41.1. The van der Waals surface area contributed by atoms with Crippen molar-refractivity contribution in [2.75, 3.05) is 13.1 Å². The summed E-state index contributed by atoms with van der Waals surface area (Å²) in [5, 5.41) is 27.2. The average Bonchev–Trinajstić information content (AvgIpc) is 2.70. The summed E-state index contributed by atoms with van der Waals surface area (Å²) >= 11 is 0. The van der Waals surface area contributed by atoms with Crippen LogP contribution in [0.1, 0.15) is 89.0 Å². The minimum Gasteiger partial charge on any atom is -0.385 e. The predicted octanol–water partition coefficient (Wildman–Crippen LogP) is 2.49. The highest BCUT2D eigenvalue weighted by atomic mass is 16.3. The van der Waals surface area contributed by atoms with E-state index in [1.807, 2.05) is 20.8 Å². The van der Waals surface area contributed by atoms with Crippen LogP contribution in [0.2, 0.25) is 0 Å². The number of carbonyl (C=O) groups is 3. The highest BCUT2D eigenvalue weighted by Gasteiger charge is 2.17. The Kier molecular flexibility index (Phi) is 31.4. The van der Waals surface area contributed by atoms with Gasteiger partial charge in [-0.1, -0.05) is 76.2 Å². The molecule has 0 aliphatic heterocycles. The Morgan fingerprint density at radius 1 is 0.656 bits per heavy atom. The summed E-state index contributed by atoms with van der Waals surface area (Å²) in [6.07, 6.45) is 0.400. The SMILES string of the molecule is C.C.CC(C)C(=O)C(O)CCN.CC(C)C(=O)C(O)CN.CCCCC(O)C(=O)C(C)C.